The first-order valence-corrected chi connectivity index (χ1v) is 6.98. The van der Waals surface area contributed by atoms with Gasteiger partial charge in [0, 0.05) is 11.1 Å². The minimum absolute atomic E-state index is 0.0480. The van der Waals surface area contributed by atoms with Gasteiger partial charge in [-0.25, -0.2) is 0 Å². The predicted molar refractivity (Wildman–Crippen MR) is 78.0 cm³/mol. The molecule has 1 fully saturated rings. The van der Waals surface area contributed by atoms with E-state index in [4.69, 9.17) is 11.6 Å². The van der Waals surface area contributed by atoms with Gasteiger partial charge < -0.3 is 4.90 Å². The number of carbonyl (C=O) groups excluding carboxylic acids is 1. The summed E-state index contributed by atoms with van der Waals surface area (Å²) >= 11 is 5.92. The van der Waals surface area contributed by atoms with Gasteiger partial charge in [-0.05, 0) is 30.0 Å². The second kappa shape index (κ2) is 5.14. The van der Waals surface area contributed by atoms with Crippen molar-refractivity contribution in [2.24, 2.45) is 5.41 Å². The molecule has 4 heteroatoms. The first kappa shape index (κ1) is 14.4. The van der Waals surface area contributed by atoms with E-state index in [1.807, 2.05) is 29.2 Å². The topological polar surface area (TPSA) is 32.3 Å². The van der Waals surface area contributed by atoms with Gasteiger partial charge in [-0.3, -0.25) is 10.1 Å². The number of hydrogen-bond acceptors (Lipinski definition) is 2. The van der Waals surface area contributed by atoms with Crippen LogP contribution in [0.2, 0.25) is 5.02 Å². The van der Waals surface area contributed by atoms with Crippen molar-refractivity contribution in [2.75, 3.05) is 6.54 Å². The standard InChI is InChI=1S/C15H21ClN2O/c1-10(15(2,3)4)18-13(19)9-17-14(18)11-5-7-12(16)8-6-11/h5-8,10,14,17H,9H2,1-4H3. The van der Waals surface area contributed by atoms with Crippen LogP contribution in [0, 0.1) is 5.41 Å². The third-order valence-corrected chi connectivity index (χ3v) is 4.12. The van der Waals surface area contributed by atoms with Crippen molar-refractivity contribution in [2.45, 2.75) is 39.9 Å². The molecular weight excluding hydrogens is 260 g/mol. The number of nitrogens with zero attached hydrogens (tertiary/aromatic N) is 1. The molecule has 1 aliphatic rings. The molecular formula is C15H21ClN2O. The smallest absolute Gasteiger partial charge is 0.238 e. The SMILES string of the molecule is CC(N1C(=O)CNC1c1ccc(Cl)cc1)C(C)(C)C. The van der Waals surface area contributed by atoms with E-state index in [2.05, 4.69) is 33.0 Å². The summed E-state index contributed by atoms with van der Waals surface area (Å²) in [7, 11) is 0. The van der Waals surface area contributed by atoms with Crippen LogP contribution in [-0.4, -0.2) is 23.4 Å². The van der Waals surface area contributed by atoms with Crippen molar-refractivity contribution in [3.8, 4) is 0 Å². The molecule has 1 amide bonds. The van der Waals surface area contributed by atoms with Crippen molar-refractivity contribution in [3.63, 3.8) is 0 Å². The van der Waals surface area contributed by atoms with E-state index in [1.54, 1.807) is 0 Å². The summed E-state index contributed by atoms with van der Waals surface area (Å²) in [6.45, 7) is 8.97. The van der Waals surface area contributed by atoms with E-state index >= 15 is 0 Å². The fraction of sp³-hybridized carbons (Fsp3) is 0.533. The first-order valence-electron chi connectivity index (χ1n) is 6.60. The van der Waals surface area contributed by atoms with Gasteiger partial charge in [0.15, 0.2) is 0 Å². The molecule has 0 bridgehead atoms. The molecule has 2 atom stereocenters. The number of carbonyl (C=O) groups is 1. The van der Waals surface area contributed by atoms with Gasteiger partial charge in [-0.15, -0.1) is 0 Å². The molecule has 0 spiro atoms. The van der Waals surface area contributed by atoms with Crippen LogP contribution in [0.5, 0.6) is 0 Å². The number of halogens is 1. The van der Waals surface area contributed by atoms with Gasteiger partial charge in [-0.2, -0.15) is 0 Å². The van der Waals surface area contributed by atoms with E-state index in [9.17, 15) is 4.79 Å². The summed E-state index contributed by atoms with van der Waals surface area (Å²) in [6, 6.07) is 7.83. The molecule has 1 saturated heterocycles. The fourth-order valence-corrected chi connectivity index (χ4v) is 2.42. The largest absolute Gasteiger partial charge is 0.319 e. The van der Waals surface area contributed by atoms with Crippen molar-refractivity contribution < 1.29 is 4.79 Å². The van der Waals surface area contributed by atoms with Crippen molar-refractivity contribution in [1.82, 2.24) is 10.2 Å². The van der Waals surface area contributed by atoms with Crippen LogP contribution in [-0.2, 0) is 4.79 Å². The van der Waals surface area contributed by atoms with Gasteiger partial charge in [0.2, 0.25) is 5.91 Å². The Balaban J connectivity index is 2.29. The Morgan fingerprint density at radius 1 is 1.32 bits per heavy atom. The zero-order chi connectivity index (χ0) is 14.2. The van der Waals surface area contributed by atoms with Gasteiger partial charge in [0.05, 0.1) is 6.54 Å². The monoisotopic (exact) mass is 280 g/mol. The maximum absolute atomic E-state index is 12.2. The van der Waals surface area contributed by atoms with Crippen molar-refractivity contribution >= 4 is 17.5 Å². The van der Waals surface area contributed by atoms with Crippen LogP contribution < -0.4 is 5.32 Å². The average molecular weight is 281 g/mol. The number of benzene rings is 1. The van der Waals surface area contributed by atoms with Crippen LogP contribution in [0.1, 0.15) is 39.4 Å². The molecule has 1 aliphatic heterocycles. The third kappa shape index (κ3) is 2.93. The minimum Gasteiger partial charge on any atom is -0.319 e. The van der Waals surface area contributed by atoms with Crippen LogP contribution in [0.3, 0.4) is 0 Å². The molecule has 1 aromatic rings. The van der Waals surface area contributed by atoms with Crippen LogP contribution >= 0.6 is 11.6 Å². The van der Waals surface area contributed by atoms with E-state index in [0.29, 0.717) is 11.6 Å². The summed E-state index contributed by atoms with van der Waals surface area (Å²) in [5.74, 6) is 0.155. The Morgan fingerprint density at radius 3 is 2.42 bits per heavy atom. The number of rotatable bonds is 2. The minimum atomic E-state index is -0.0565. The Morgan fingerprint density at radius 2 is 1.89 bits per heavy atom. The highest BCUT2D eigenvalue weighted by molar-refractivity contribution is 6.30. The molecule has 19 heavy (non-hydrogen) atoms. The quantitative estimate of drug-likeness (QED) is 0.902. The zero-order valence-corrected chi connectivity index (χ0v) is 12.7. The molecule has 1 N–H and O–H groups in total. The van der Waals surface area contributed by atoms with Gasteiger partial charge in [-0.1, -0.05) is 44.5 Å². The molecule has 0 aliphatic carbocycles. The van der Waals surface area contributed by atoms with E-state index in [0.717, 1.165) is 5.56 Å². The average Bonchev–Trinajstić information content (AvgIpc) is 2.70. The second-order valence-electron chi connectivity index (χ2n) is 6.18. The summed E-state index contributed by atoms with van der Waals surface area (Å²) in [4.78, 5) is 14.1. The molecule has 2 unspecified atom stereocenters. The predicted octanol–water partition coefficient (Wildman–Crippen LogP) is 3.21. The fourth-order valence-electron chi connectivity index (χ4n) is 2.30. The highest BCUT2D eigenvalue weighted by Gasteiger charge is 2.39. The summed E-state index contributed by atoms with van der Waals surface area (Å²) in [5, 5.41) is 3.99. The lowest BCUT2D eigenvalue weighted by Gasteiger charge is -2.38. The number of amides is 1. The van der Waals surface area contributed by atoms with Crippen molar-refractivity contribution in [3.05, 3.63) is 34.9 Å². The second-order valence-corrected chi connectivity index (χ2v) is 6.61. The maximum atomic E-state index is 12.2. The van der Waals surface area contributed by atoms with Gasteiger partial charge in [0.25, 0.3) is 0 Å². The molecule has 2 rings (SSSR count). The summed E-state index contributed by atoms with van der Waals surface area (Å²) < 4.78 is 0. The van der Waals surface area contributed by atoms with E-state index in [-0.39, 0.29) is 23.5 Å². The van der Waals surface area contributed by atoms with Gasteiger partial charge >= 0.3 is 0 Å². The van der Waals surface area contributed by atoms with E-state index in [1.165, 1.54) is 0 Å². The van der Waals surface area contributed by atoms with Crippen LogP contribution in [0.25, 0.3) is 0 Å². The van der Waals surface area contributed by atoms with Crippen LogP contribution in [0.15, 0.2) is 24.3 Å². The third-order valence-electron chi connectivity index (χ3n) is 3.87. The maximum Gasteiger partial charge on any atom is 0.238 e. The molecule has 1 aromatic carbocycles. The number of hydrogen-bond donors (Lipinski definition) is 1. The van der Waals surface area contributed by atoms with E-state index < -0.39 is 0 Å². The molecule has 104 valence electrons. The molecule has 3 nitrogen and oxygen atoms in total. The highest BCUT2D eigenvalue weighted by Crippen LogP contribution is 2.32. The number of nitrogens with one attached hydrogen (secondary N) is 1. The lowest BCUT2D eigenvalue weighted by atomic mass is 9.86. The summed E-state index contributed by atoms with van der Waals surface area (Å²) in [6.07, 6.45) is -0.0565. The lowest BCUT2D eigenvalue weighted by Crippen LogP contribution is -2.45. The highest BCUT2D eigenvalue weighted by atomic mass is 35.5. The van der Waals surface area contributed by atoms with Gasteiger partial charge in [0.1, 0.15) is 6.17 Å². The Kier molecular flexibility index (Phi) is 3.88. The normalized spacial score (nSPS) is 21.8. The Labute approximate surface area is 119 Å². The molecule has 0 aromatic heterocycles. The van der Waals surface area contributed by atoms with Crippen molar-refractivity contribution in [1.29, 1.82) is 0 Å². The Bertz CT molecular complexity index is 464. The molecule has 0 saturated carbocycles. The zero-order valence-electron chi connectivity index (χ0n) is 11.9. The summed E-state index contributed by atoms with van der Waals surface area (Å²) in [5.41, 5.74) is 1.12. The Hall–Kier alpha value is -1.06. The van der Waals surface area contributed by atoms with Crippen LogP contribution in [0.4, 0.5) is 0 Å². The first-order chi connectivity index (χ1) is 8.80. The lowest BCUT2D eigenvalue weighted by molar-refractivity contribution is -0.132. The molecule has 0 radical (unpaired) electrons. The molecule has 1 heterocycles.